The van der Waals surface area contributed by atoms with E-state index in [2.05, 4.69) is 30.4 Å². The Hall–Kier alpha value is -1.33. The summed E-state index contributed by atoms with van der Waals surface area (Å²) in [6.45, 7) is 4.18. The van der Waals surface area contributed by atoms with Gasteiger partial charge in [0.15, 0.2) is 5.75 Å². The van der Waals surface area contributed by atoms with E-state index in [4.69, 9.17) is 10.5 Å². The lowest BCUT2D eigenvalue weighted by molar-refractivity contribution is 0.396. The molecule has 1 atom stereocenters. The highest BCUT2D eigenvalue weighted by molar-refractivity contribution is 7.09. The molecule has 0 saturated carbocycles. The molecule has 4 nitrogen and oxygen atoms in total. The van der Waals surface area contributed by atoms with Gasteiger partial charge >= 0.3 is 0 Å². The molecule has 2 aromatic rings. The Kier molecular flexibility index (Phi) is 4.04. The third-order valence-corrected chi connectivity index (χ3v) is 3.76. The molecule has 0 aliphatic carbocycles. The van der Waals surface area contributed by atoms with Crippen molar-refractivity contribution in [2.75, 3.05) is 7.11 Å². The van der Waals surface area contributed by atoms with Crippen molar-refractivity contribution in [3.8, 4) is 5.75 Å². The number of nitrogens with two attached hydrogens (primary N) is 1. The molecule has 0 radical (unpaired) electrons. The van der Waals surface area contributed by atoms with E-state index in [9.17, 15) is 0 Å². The summed E-state index contributed by atoms with van der Waals surface area (Å²) in [4.78, 5) is 1.28. The van der Waals surface area contributed by atoms with E-state index in [0.29, 0.717) is 0 Å². The van der Waals surface area contributed by atoms with Gasteiger partial charge in [-0.1, -0.05) is 6.07 Å². The van der Waals surface area contributed by atoms with Crippen LogP contribution in [0.3, 0.4) is 0 Å². The fourth-order valence-corrected chi connectivity index (χ4v) is 2.78. The standard InChI is InChI=1S/C13H19N3OS/c1-9(2)16-13(12(17-3)8-15-16)11(14)7-10-5-4-6-18-10/h4-6,8-9,11H,7,14H2,1-3H3. The molecule has 0 aliphatic heterocycles. The second kappa shape index (κ2) is 5.54. The maximum atomic E-state index is 6.31. The molecule has 0 aliphatic rings. The Balaban J connectivity index is 2.27. The predicted octanol–water partition coefficient (Wildman–Crippen LogP) is 2.78. The van der Waals surface area contributed by atoms with Crippen LogP contribution >= 0.6 is 11.3 Å². The molecule has 2 aromatic heterocycles. The molecule has 0 amide bonds. The zero-order valence-electron chi connectivity index (χ0n) is 11.0. The molecule has 2 heterocycles. The van der Waals surface area contributed by atoms with Gasteiger partial charge in [0, 0.05) is 17.3 Å². The summed E-state index contributed by atoms with van der Waals surface area (Å²) in [6, 6.07) is 4.33. The largest absolute Gasteiger partial charge is 0.493 e. The van der Waals surface area contributed by atoms with Crippen molar-refractivity contribution in [1.29, 1.82) is 0 Å². The minimum absolute atomic E-state index is 0.0940. The Bertz CT molecular complexity index is 490. The molecule has 0 fully saturated rings. The van der Waals surface area contributed by atoms with Crippen LogP contribution in [0.1, 0.15) is 36.5 Å². The second-order valence-electron chi connectivity index (χ2n) is 4.53. The van der Waals surface area contributed by atoms with Crippen LogP contribution in [0, 0.1) is 0 Å². The first-order valence-electron chi connectivity index (χ1n) is 6.02. The van der Waals surface area contributed by atoms with Gasteiger partial charge in [0.1, 0.15) is 0 Å². The number of methoxy groups -OCH3 is 1. The van der Waals surface area contributed by atoms with Gasteiger partial charge < -0.3 is 10.5 Å². The molecule has 0 spiro atoms. The molecule has 2 rings (SSSR count). The van der Waals surface area contributed by atoms with Crippen molar-refractivity contribution in [1.82, 2.24) is 9.78 Å². The normalized spacial score (nSPS) is 12.9. The lowest BCUT2D eigenvalue weighted by Crippen LogP contribution is -2.20. The molecule has 18 heavy (non-hydrogen) atoms. The number of ether oxygens (including phenoxy) is 1. The van der Waals surface area contributed by atoms with Gasteiger partial charge in [-0.05, 0) is 25.3 Å². The average molecular weight is 265 g/mol. The third-order valence-electron chi connectivity index (χ3n) is 2.86. The average Bonchev–Trinajstić information content (AvgIpc) is 2.95. The maximum Gasteiger partial charge on any atom is 0.161 e. The lowest BCUT2D eigenvalue weighted by atomic mass is 10.1. The van der Waals surface area contributed by atoms with Crippen molar-refractivity contribution >= 4 is 11.3 Å². The van der Waals surface area contributed by atoms with E-state index in [1.165, 1.54) is 4.88 Å². The van der Waals surface area contributed by atoms with Gasteiger partial charge in [-0.25, -0.2) is 0 Å². The minimum atomic E-state index is -0.0940. The number of hydrogen-bond donors (Lipinski definition) is 1. The van der Waals surface area contributed by atoms with Crippen LogP contribution in [-0.4, -0.2) is 16.9 Å². The molecule has 98 valence electrons. The summed E-state index contributed by atoms with van der Waals surface area (Å²) in [7, 11) is 1.66. The Labute approximate surface area is 111 Å². The second-order valence-corrected chi connectivity index (χ2v) is 5.56. The van der Waals surface area contributed by atoms with E-state index >= 15 is 0 Å². The molecule has 2 N–H and O–H groups in total. The molecular formula is C13H19N3OS. The highest BCUT2D eigenvalue weighted by atomic mass is 32.1. The summed E-state index contributed by atoms with van der Waals surface area (Å²) in [5.41, 5.74) is 7.28. The third kappa shape index (κ3) is 2.57. The number of aromatic nitrogens is 2. The van der Waals surface area contributed by atoms with Gasteiger partial charge in [0.05, 0.1) is 25.0 Å². The highest BCUT2D eigenvalue weighted by Crippen LogP contribution is 2.29. The summed E-state index contributed by atoms with van der Waals surface area (Å²) < 4.78 is 7.30. The van der Waals surface area contributed by atoms with Crippen molar-refractivity contribution < 1.29 is 4.74 Å². The van der Waals surface area contributed by atoms with E-state index < -0.39 is 0 Å². The van der Waals surface area contributed by atoms with Crippen LogP contribution < -0.4 is 10.5 Å². The molecule has 0 aromatic carbocycles. The Morgan fingerprint density at radius 3 is 2.83 bits per heavy atom. The fraction of sp³-hybridized carbons (Fsp3) is 0.462. The predicted molar refractivity (Wildman–Crippen MR) is 74.1 cm³/mol. The van der Waals surface area contributed by atoms with Gasteiger partial charge in [-0.15, -0.1) is 11.3 Å². The van der Waals surface area contributed by atoms with E-state index in [1.54, 1.807) is 24.6 Å². The smallest absolute Gasteiger partial charge is 0.161 e. The van der Waals surface area contributed by atoms with Crippen LogP contribution in [0.15, 0.2) is 23.7 Å². The zero-order valence-corrected chi connectivity index (χ0v) is 11.8. The van der Waals surface area contributed by atoms with Crippen molar-refractivity contribution in [3.05, 3.63) is 34.3 Å². The van der Waals surface area contributed by atoms with E-state index in [0.717, 1.165) is 17.9 Å². The summed E-state index contributed by atoms with van der Waals surface area (Å²) in [5, 5.41) is 6.42. The number of nitrogens with zero attached hydrogens (tertiary/aromatic N) is 2. The fourth-order valence-electron chi connectivity index (χ4n) is 2.02. The topological polar surface area (TPSA) is 53.1 Å². The highest BCUT2D eigenvalue weighted by Gasteiger charge is 2.20. The monoisotopic (exact) mass is 265 g/mol. The van der Waals surface area contributed by atoms with Crippen LogP contribution in [-0.2, 0) is 6.42 Å². The molecular weight excluding hydrogens is 246 g/mol. The SMILES string of the molecule is COc1cnn(C(C)C)c1C(N)Cc1cccs1. The van der Waals surface area contributed by atoms with Gasteiger partial charge in [-0.3, -0.25) is 4.68 Å². The van der Waals surface area contributed by atoms with Crippen LogP contribution in [0.25, 0.3) is 0 Å². The molecule has 1 unspecified atom stereocenters. The Morgan fingerprint density at radius 2 is 2.28 bits per heavy atom. The maximum absolute atomic E-state index is 6.31. The van der Waals surface area contributed by atoms with E-state index in [1.807, 2.05) is 10.7 Å². The molecule has 5 heteroatoms. The summed E-state index contributed by atoms with van der Waals surface area (Å²) in [6.07, 6.45) is 2.55. The summed E-state index contributed by atoms with van der Waals surface area (Å²) in [5.74, 6) is 0.771. The van der Waals surface area contributed by atoms with Crippen LogP contribution in [0.2, 0.25) is 0 Å². The zero-order chi connectivity index (χ0) is 13.1. The molecule has 0 bridgehead atoms. The number of rotatable bonds is 5. The van der Waals surface area contributed by atoms with Gasteiger partial charge in [-0.2, -0.15) is 5.10 Å². The van der Waals surface area contributed by atoms with Gasteiger partial charge in [0.25, 0.3) is 0 Å². The summed E-state index contributed by atoms with van der Waals surface area (Å²) >= 11 is 1.73. The lowest BCUT2D eigenvalue weighted by Gasteiger charge is -2.17. The van der Waals surface area contributed by atoms with Crippen molar-refractivity contribution in [2.24, 2.45) is 5.73 Å². The van der Waals surface area contributed by atoms with Crippen molar-refractivity contribution in [2.45, 2.75) is 32.4 Å². The van der Waals surface area contributed by atoms with Gasteiger partial charge in [0.2, 0.25) is 0 Å². The molecule has 0 saturated heterocycles. The first kappa shape index (κ1) is 13.1. The van der Waals surface area contributed by atoms with Crippen LogP contribution in [0.4, 0.5) is 0 Å². The Morgan fingerprint density at radius 1 is 1.50 bits per heavy atom. The quantitative estimate of drug-likeness (QED) is 0.904. The minimum Gasteiger partial charge on any atom is -0.493 e. The van der Waals surface area contributed by atoms with Crippen LogP contribution in [0.5, 0.6) is 5.75 Å². The first-order chi connectivity index (χ1) is 8.63. The first-order valence-corrected chi connectivity index (χ1v) is 6.90. The van der Waals surface area contributed by atoms with E-state index in [-0.39, 0.29) is 12.1 Å². The van der Waals surface area contributed by atoms with Crippen molar-refractivity contribution in [3.63, 3.8) is 0 Å². The number of hydrogen-bond acceptors (Lipinski definition) is 4. The number of thiophene rings is 1.